The van der Waals surface area contributed by atoms with Crippen LogP contribution in [0.15, 0.2) is 12.1 Å². The van der Waals surface area contributed by atoms with E-state index in [1.54, 1.807) is 6.07 Å². The molecule has 2 aromatic heterocycles. The zero-order valence-electron chi connectivity index (χ0n) is 9.16. The average Bonchev–Trinajstić information content (AvgIpc) is 2.84. The van der Waals surface area contributed by atoms with E-state index in [2.05, 4.69) is 21.9 Å². The van der Waals surface area contributed by atoms with Crippen LogP contribution in [0.1, 0.15) is 25.6 Å². The van der Waals surface area contributed by atoms with E-state index in [1.807, 2.05) is 6.07 Å². The molecular formula is C11H14N4O. The monoisotopic (exact) mass is 218 g/mol. The number of aromatic amines is 1. The number of hydrogen-bond acceptors (Lipinski definition) is 4. The lowest BCUT2D eigenvalue weighted by Crippen LogP contribution is -2.21. The first-order valence-electron chi connectivity index (χ1n) is 5.44. The molecular weight excluding hydrogens is 204 g/mol. The number of hydrogen-bond donors (Lipinski definition) is 2. The third-order valence-electron chi connectivity index (χ3n) is 3.09. The summed E-state index contributed by atoms with van der Waals surface area (Å²) in [5, 5.41) is 0. The van der Waals surface area contributed by atoms with E-state index in [9.17, 15) is 0 Å². The smallest absolute Gasteiger partial charge is 0.179 e. The second-order valence-corrected chi connectivity index (χ2v) is 4.38. The van der Waals surface area contributed by atoms with Gasteiger partial charge in [0.25, 0.3) is 0 Å². The fourth-order valence-corrected chi connectivity index (χ4v) is 2.12. The molecule has 2 aromatic rings. The van der Waals surface area contributed by atoms with E-state index in [-0.39, 0.29) is 5.60 Å². The van der Waals surface area contributed by atoms with Gasteiger partial charge in [-0.3, -0.25) is 0 Å². The third kappa shape index (κ3) is 1.36. The van der Waals surface area contributed by atoms with Crippen molar-refractivity contribution in [3.63, 3.8) is 0 Å². The number of fused-ring (bicyclic) bond motifs is 1. The molecule has 1 unspecified atom stereocenters. The summed E-state index contributed by atoms with van der Waals surface area (Å²) in [6, 6.07) is 3.66. The van der Waals surface area contributed by atoms with Crippen LogP contribution in [-0.2, 0) is 10.3 Å². The Labute approximate surface area is 93.0 Å². The van der Waals surface area contributed by atoms with E-state index >= 15 is 0 Å². The number of nitrogens with two attached hydrogens (primary N) is 1. The highest BCUT2D eigenvalue weighted by Gasteiger charge is 2.34. The number of pyridine rings is 1. The van der Waals surface area contributed by atoms with Gasteiger partial charge in [-0.1, -0.05) is 0 Å². The number of nitrogens with one attached hydrogen (secondary N) is 1. The summed E-state index contributed by atoms with van der Waals surface area (Å²) in [4.78, 5) is 11.9. The lowest BCUT2D eigenvalue weighted by atomic mass is 10.0. The number of nitrogen functional groups attached to an aromatic ring is 1. The highest BCUT2D eigenvalue weighted by molar-refractivity contribution is 5.72. The van der Waals surface area contributed by atoms with Gasteiger partial charge in [-0.05, 0) is 31.9 Å². The van der Waals surface area contributed by atoms with Crippen LogP contribution in [0.4, 0.5) is 5.82 Å². The predicted molar refractivity (Wildman–Crippen MR) is 60.8 cm³/mol. The summed E-state index contributed by atoms with van der Waals surface area (Å²) in [6.07, 6.45) is 2.06. The van der Waals surface area contributed by atoms with Gasteiger partial charge in [0, 0.05) is 6.61 Å². The van der Waals surface area contributed by atoms with Gasteiger partial charge in [0.15, 0.2) is 5.65 Å². The summed E-state index contributed by atoms with van der Waals surface area (Å²) in [5.74, 6) is 1.33. The molecule has 0 saturated carbocycles. The molecule has 1 atom stereocenters. The second kappa shape index (κ2) is 3.18. The van der Waals surface area contributed by atoms with Crippen molar-refractivity contribution in [1.82, 2.24) is 15.0 Å². The maximum absolute atomic E-state index is 5.73. The maximum atomic E-state index is 5.73. The van der Waals surface area contributed by atoms with E-state index in [0.29, 0.717) is 11.5 Å². The molecule has 16 heavy (non-hydrogen) atoms. The van der Waals surface area contributed by atoms with Crippen molar-refractivity contribution in [3.8, 4) is 0 Å². The molecule has 5 heteroatoms. The van der Waals surface area contributed by atoms with Crippen LogP contribution >= 0.6 is 0 Å². The minimum atomic E-state index is -0.296. The lowest BCUT2D eigenvalue weighted by Gasteiger charge is -2.19. The highest BCUT2D eigenvalue weighted by Crippen LogP contribution is 2.34. The van der Waals surface area contributed by atoms with Crippen LogP contribution in [0.2, 0.25) is 0 Å². The van der Waals surface area contributed by atoms with Crippen LogP contribution in [-0.4, -0.2) is 21.6 Å². The Morgan fingerprint density at radius 1 is 1.44 bits per heavy atom. The number of imidazole rings is 1. The van der Waals surface area contributed by atoms with Crippen LogP contribution in [0, 0.1) is 0 Å². The molecule has 3 N–H and O–H groups in total. The molecule has 1 fully saturated rings. The van der Waals surface area contributed by atoms with Crippen molar-refractivity contribution in [2.45, 2.75) is 25.4 Å². The molecule has 3 heterocycles. The van der Waals surface area contributed by atoms with E-state index < -0.39 is 0 Å². The van der Waals surface area contributed by atoms with Crippen molar-refractivity contribution >= 4 is 17.0 Å². The number of H-pyrrole nitrogens is 1. The summed E-state index contributed by atoms with van der Waals surface area (Å²) in [6.45, 7) is 2.85. The van der Waals surface area contributed by atoms with Crippen LogP contribution in [0.25, 0.3) is 11.2 Å². The first-order valence-corrected chi connectivity index (χ1v) is 5.44. The standard InChI is InChI=1S/C11H14N4O/c1-11(5-2-6-16-11)10-13-7-3-4-8(12)14-9(7)15-10/h3-4H,2,5-6H2,1H3,(H3,12,13,14,15). The normalized spacial score (nSPS) is 25.3. The minimum absolute atomic E-state index is 0.296. The molecule has 0 bridgehead atoms. The molecule has 3 rings (SSSR count). The molecule has 0 radical (unpaired) electrons. The molecule has 0 amide bonds. The zero-order valence-corrected chi connectivity index (χ0v) is 9.16. The van der Waals surface area contributed by atoms with Gasteiger partial charge in [0.1, 0.15) is 17.2 Å². The quantitative estimate of drug-likeness (QED) is 0.761. The first kappa shape index (κ1) is 9.59. The molecule has 1 aliphatic heterocycles. The van der Waals surface area contributed by atoms with Crippen molar-refractivity contribution in [2.75, 3.05) is 12.3 Å². The summed E-state index contributed by atoms with van der Waals surface area (Å²) < 4.78 is 5.73. The van der Waals surface area contributed by atoms with Crippen molar-refractivity contribution in [2.24, 2.45) is 0 Å². The molecule has 5 nitrogen and oxygen atoms in total. The number of rotatable bonds is 1. The Kier molecular flexibility index (Phi) is 1.91. The van der Waals surface area contributed by atoms with Crippen LogP contribution < -0.4 is 5.73 Å². The SMILES string of the molecule is CC1(c2nc3nc(N)ccc3[nH]2)CCCO1. The highest BCUT2D eigenvalue weighted by atomic mass is 16.5. The van der Waals surface area contributed by atoms with Crippen molar-refractivity contribution < 1.29 is 4.74 Å². The van der Waals surface area contributed by atoms with Gasteiger partial charge >= 0.3 is 0 Å². The Hall–Kier alpha value is -1.62. The molecule has 0 aromatic carbocycles. The lowest BCUT2D eigenvalue weighted by molar-refractivity contribution is 0.0103. The van der Waals surface area contributed by atoms with E-state index in [4.69, 9.17) is 10.5 Å². The van der Waals surface area contributed by atoms with Crippen molar-refractivity contribution in [3.05, 3.63) is 18.0 Å². The van der Waals surface area contributed by atoms with Crippen LogP contribution in [0.5, 0.6) is 0 Å². The molecule has 1 saturated heterocycles. The molecule has 0 aliphatic carbocycles. The summed E-state index contributed by atoms with van der Waals surface area (Å²) >= 11 is 0. The summed E-state index contributed by atoms with van der Waals surface area (Å²) in [7, 11) is 0. The van der Waals surface area contributed by atoms with Gasteiger partial charge in [0.05, 0.1) is 5.52 Å². The number of nitrogens with zero attached hydrogens (tertiary/aromatic N) is 2. The van der Waals surface area contributed by atoms with Gasteiger partial charge < -0.3 is 15.5 Å². The van der Waals surface area contributed by atoms with Gasteiger partial charge in [-0.15, -0.1) is 0 Å². The van der Waals surface area contributed by atoms with E-state index in [1.165, 1.54) is 0 Å². The zero-order chi connectivity index (χ0) is 11.2. The maximum Gasteiger partial charge on any atom is 0.179 e. The first-order chi connectivity index (χ1) is 7.67. The Balaban J connectivity index is 2.11. The summed E-state index contributed by atoms with van der Waals surface area (Å²) in [5.41, 5.74) is 6.89. The number of aromatic nitrogens is 3. The number of ether oxygens (including phenoxy) is 1. The average molecular weight is 218 g/mol. The van der Waals surface area contributed by atoms with Crippen molar-refractivity contribution in [1.29, 1.82) is 0 Å². The third-order valence-corrected chi connectivity index (χ3v) is 3.09. The Morgan fingerprint density at radius 2 is 2.31 bits per heavy atom. The van der Waals surface area contributed by atoms with Gasteiger partial charge in [-0.25, -0.2) is 9.97 Å². The van der Waals surface area contributed by atoms with Gasteiger partial charge in [-0.2, -0.15) is 0 Å². The number of anilines is 1. The predicted octanol–water partition coefficient (Wildman–Crippen LogP) is 1.57. The topological polar surface area (TPSA) is 76.8 Å². The molecule has 84 valence electrons. The van der Waals surface area contributed by atoms with E-state index in [0.717, 1.165) is 30.8 Å². The fraction of sp³-hybridized carbons (Fsp3) is 0.455. The largest absolute Gasteiger partial charge is 0.384 e. The second-order valence-electron chi connectivity index (χ2n) is 4.38. The van der Waals surface area contributed by atoms with Crippen LogP contribution in [0.3, 0.4) is 0 Å². The minimum Gasteiger partial charge on any atom is -0.384 e. The van der Waals surface area contributed by atoms with Gasteiger partial charge in [0.2, 0.25) is 0 Å². The molecule has 0 spiro atoms. The fourth-order valence-electron chi connectivity index (χ4n) is 2.12. The molecule has 1 aliphatic rings. The Bertz CT molecular complexity index is 528. The Morgan fingerprint density at radius 3 is 3.06 bits per heavy atom.